The molecule has 0 radical (unpaired) electrons. The third kappa shape index (κ3) is 5.21. The van der Waals surface area contributed by atoms with Gasteiger partial charge in [0.25, 0.3) is 0 Å². The molecule has 1 heterocycles. The summed E-state index contributed by atoms with van der Waals surface area (Å²) in [4.78, 5) is 17.7. The summed E-state index contributed by atoms with van der Waals surface area (Å²) in [5.41, 5.74) is 2.52. The van der Waals surface area contributed by atoms with Crippen molar-refractivity contribution in [3.8, 4) is 0 Å². The smallest absolute Gasteiger partial charge is 0.328 e. The van der Waals surface area contributed by atoms with Crippen LogP contribution in [-0.2, 0) is 4.79 Å². The highest BCUT2D eigenvalue weighted by Crippen LogP contribution is 2.33. The average molecular weight is 388 g/mol. The van der Waals surface area contributed by atoms with Crippen LogP contribution in [0.15, 0.2) is 30.5 Å². The minimum Gasteiger partial charge on any atom is -0.478 e. The maximum absolute atomic E-state index is 11.0. The average Bonchev–Trinajstić information content (AvgIpc) is 2.62. The van der Waals surface area contributed by atoms with Gasteiger partial charge in [-0.2, -0.15) is 0 Å². The summed E-state index contributed by atoms with van der Waals surface area (Å²) in [7, 11) is 4.25. The second-order valence-electron chi connectivity index (χ2n) is 7.55. The number of aliphatic carboxylic acids is 1. The Labute approximate surface area is 165 Å². The molecule has 2 aromatic rings. The first-order valence-corrected chi connectivity index (χ1v) is 9.70. The molecule has 5 nitrogen and oxygen atoms in total. The van der Waals surface area contributed by atoms with Gasteiger partial charge in [-0.1, -0.05) is 11.6 Å². The molecule has 1 aromatic carbocycles. The third-order valence-electron chi connectivity index (χ3n) is 5.08. The van der Waals surface area contributed by atoms with Crippen LogP contribution in [0.5, 0.6) is 0 Å². The van der Waals surface area contributed by atoms with Crippen molar-refractivity contribution in [1.82, 2.24) is 9.88 Å². The highest BCUT2D eigenvalue weighted by atomic mass is 35.5. The second-order valence-corrected chi connectivity index (χ2v) is 7.98. The van der Waals surface area contributed by atoms with E-state index in [2.05, 4.69) is 29.3 Å². The van der Waals surface area contributed by atoms with Gasteiger partial charge in [-0.25, -0.2) is 4.79 Å². The van der Waals surface area contributed by atoms with E-state index in [-0.39, 0.29) is 0 Å². The van der Waals surface area contributed by atoms with E-state index in [1.807, 2.05) is 18.2 Å². The van der Waals surface area contributed by atoms with Gasteiger partial charge in [0.15, 0.2) is 0 Å². The molecule has 144 valence electrons. The first-order chi connectivity index (χ1) is 12.9. The van der Waals surface area contributed by atoms with Crippen LogP contribution in [0.3, 0.4) is 0 Å². The fraction of sp³-hybridized carbons (Fsp3) is 0.429. The molecule has 0 saturated heterocycles. The Balaban J connectivity index is 1.86. The molecule has 0 unspecified atom stereocenters. The van der Waals surface area contributed by atoms with E-state index in [1.165, 1.54) is 12.8 Å². The molecule has 0 amide bonds. The van der Waals surface area contributed by atoms with E-state index < -0.39 is 5.97 Å². The topological polar surface area (TPSA) is 65.5 Å². The van der Waals surface area contributed by atoms with Crippen molar-refractivity contribution in [2.45, 2.75) is 31.7 Å². The number of carboxylic acid groups (broad SMARTS) is 1. The van der Waals surface area contributed by atoms with Gasteiger partial charge in [-0.3, -0.25) is 4.98 Å². The molecule has 3 rings (SSSR count). The van der Waals surface area contributed by atoms with Crippen LogP contribution in [0.2, 0.25) is 5.02 Å². The molecule has 0 atom stereocenters. The van der Waals surface area contributed by atoms with Crippen molar-refractivity contribution in [3.05, 3.63) is 41.1 Å². The summed E-state index contributed by atoms with van der Waals surface area (Å²) in [6.45, 7) is 1.13. The van der Waals surface area contributed by atoms with Crippen LogP contribution in [0, 0.1) is 5.92 Å². The van der Waals surface area contributed by atoms with Crippen LogP contribution in [0.25, 0.3) is 17.0 Å². The van der Waals surface area contributed by atoms with Crippen molar-refractivity contribution in [2.75, 3.05) is 26.0 Å². The summed E-state index contributed by atoms with van der Waals surface area (Å²) in [6.07, 6.45) is 9.05. The van der Waals surface area contributed by atoms with Crippen molar-refractivity contribution < 1.29 is 9.90 Å². The van der Waals surface area contributed by atoms with Crippen LogP contribution in [-0.4, -0.2) is 47.6 Å². The lowest BCUT2D eigenvalue weighted by atomic mass is 9.85. The van der Waals surface area contributed by atoms with E-state index in [0.717, 1.165) is 53.5 Å². The molecule has 1 aliphatic rings. The quantitative estimate of drug-likeness (QED) is 0.713. The zero-order valence-electron chi connectivity index (χ0n) is 15.8. The van der Waals surface area contributed by atoms with Crippen molar-refractivity contribution in [2.24, 2.45) is 5.92 Å². The minimum atomic E-state index is -0.976. The van der Waals surface area contributed by atoms with E-state index in [4.69, 9.17) is 16.7 Å². The monoisotopic (exact) mass is 387 g/mol. The van der Waals surface area contributed by atoms with Crippen molar-refractivity contribution in [3.63, 3.8) is 0 Å². The Bertz CT molecular complexity index is 843. The van der Waals surface area contributed by atoms with E-state index in [9.17, 15) is 4.79 Å². The number of fused-ring (bicyclic) bond motifs is 1. The molecular formula is C21H26ClN3O2. The predicted octanol–water partition coefficient (Wildman–Crippen LogP) is 4.52. The van der Waals surface area contributed by atoms with Crippen LogP contribution < -0.4 is 5.32 Å². The normalized spacial score (nSPS) is 20.4. The molecule has 1 aromatic heterocycles. The van der Waals surface area contributed by atoms with Crippen LogP contribution in [0.1, 0.15) is 31.2 Å². The molecule has 27 heavy (non-hydrogen) atoms. The summed E-state index contributed by atoms with van der Waals surface area (Å²) < 4.78 is 0. The Morgan fingerprint density at radius 3 is 2.74 bits per heavy atom. The van der Waals surface area contributed by atoms with E-state index in [0.29, 0.717) is 11.1 Å². The maximum Gasteiger partial charge on any atom is 0.328 e. The number of nitrogens with zero attached hydrogens (tertiary/aromatic N) is 2. The highest BCUT2D eigenvalue weighted by molar-refractivity contribution is 6.31. The number of carbonyl (C=O) groups is 1. The fourth-order valence-corrected chi connectivity index (χ4v) is 4.01. The molecule has 0 aliphatic heterocycles. The molecule has 0 bridgehead atoms. The number of pyridine rings is 1. The number of hydrogen-bond acceptors (Lipinski definition) is 4. The molecule has 2 N–H and O–H groups in total. The maximum atomic E-state index is 11.0. The van der Waals surface area contributed by atoms with Gasteiger partial charge < -0.3 is 15.3 Å². The SMILES string of the molecule is CN(C)CC1CCC(Nc2c(/C=C/C(=O)O)cnc3ccc(Cl)cc23)CC1. The Morgan fingerprint density at radius 2 is 2.07 bits per heavy atom. The molecule has 0 spiro atoms. The number of aromatic nitrogens is 1. The highest BCUT2D eigenvalue weighted by Gasteiger charge is 2.22. The fourth-order valence-electron chi connectivity index (χ4n) is 3.84. The molecular weight excluding hydrogens is 362 g/mol. The third-order valence-corrected chi connectivity index (χ3v) is 5.32. The Hall–Kier alpha value is -2.11. The van der Waals surface area contributed by atoms with Gasteiger partial charge >= 0.3 is 5.97 Å². The first-order valence-electron chi connectivity index (χ1n) is 9.33. The molecule has 1 saturated carbocycles. The van der Waals surface area contributed by atoms with Crippen molar-refractivity contribution in [1.29, 1.82) is 0 Å². The minimum absolute atomic E-state index is 0.366. The lowest BCUT2D eigenvalue weighted by Crippen LogP contribution is -2.31. The molecule has 6 heteroatoms. The zero-order chi connectivity index (χ0) is 19.4. The number of hydrogen-bond donors (Lipinski definition) is 2. The van der Waals surface area contributed by atoms with Gasteiger partial charge in [-0.05, 0) is 70.0 Å². The van der Waals surface area contributed by atoms with Gasteiger partial charge in [0.05, 0.1) is 11.2 Å². The van der Waals surface area contributed by atoms with Crippen molar-refractivity contribution >= 4 is 40.2 Å². The summed E-state index contributed by atoms with van der Waals surface area (Å²) in [5, 5.41) is 14.2. The lowest BCUT2D eigenvalue weighted by molar-refractivity contribution is -0.131. The largest absolute Gasteiger partial charge is 0.478 e. The lowest BCUT2D eigenvalue weighted by Gasteiger charge is -2.32. The number of rotatable bonds is 6. The standard InChI is InChI=1S/C21H26ClN3O2/c1-25(2)13-14-3-7-17(8-4-14)24-21-15(5-10-20(26)27)12-23-19-9-6-16(22)11-18(19)21/h5-6,9-12,14,17H,3-4,7-8,13H2,1-2H3,(H,23,24)(H,26,27)/b10-5+. The van der Waals surface area contributed by atoms with Crippen LogP contribution >= 0.6 is 11.6 Å². The molecule has 1 aliphatic carbocycles. The Kier molecular flexibility index (Phi) is 6.34. The summed E-state index contributed by atoms with van der Waals surface area (Å²) in [6, 6.07) is 5.97. The zero-order valence-corrected chi connectivity index (χ0v) is 16.5. The molecule has 1 fully saturated rings. The van der Waals surface area contributed by atoms with Crippen LogP contribution in [0.4, 0.5) is 5.69 Å². The first kappa shape index (κ1) is 19.6. The number of halogens is 1. The van der Waals surface area contributed by atoms with Gasteiger partial charge in [-0.15, -0.1) is 0 Å². The number of anilines is 1. The number of benzene rings is 1. The van der Waals surface area contributed by atoms with Gasteiger partial charge in [0, 0.05) is 40.8 Å². The summed E-state index contributed by atoms with van der Waals surface area (Å²) in [5.74, 6) is -0.232. The second kappa shape index (κ2) is 8.72. The van der Waals surface area contributed by atoms with E-state index >= 15 is 0 Å². The number of nitrogens with one attached hydrogen (secondary N) is 1. The predicted molar refractivity (Wildman–Crippen MR) is 111 cm³/mol. The van der Waals surface area contributed by atoms with E-state index in [1.54, 1.807) is 12.3 Å². The van der Waals surface area contributed by atoms with Gasteiger partial charge in [0.1, 0.15) is 0 Å². The Morgan fingerprint density at radius 1 is 1.33 bits per heavy atom. The number of carboxylic acids is 1. The summed E-state index contributed by atoms with van der Waals surface area (Å²) >= 11 is 6.21. The van der Waals surface area contributed by atoms with Gasteiger partial charge in [0.2, 0.25) is 0 Å².